The van der Waals surface area contributed by atoms with Gasteiger partial charge in [0.25, 0.3) is 5.91 Å². The lowest BCUT2D eigenvalue weighted by Gasteiger charge is -2.10. The normalized spacial score (nSPS) is 10.6. The van der Waals surface area contributed by atoms with E-state index < -0.39 is 0 Å². The fourth-order valence-electron chi connectivity index (χ4n) is 3.19. The fourth-order valence-corrected chi connectivity index (χ4v) is 3.19. The Kier molecular flexibility index (Phi) is 5.22. The molecule has 0 fully saturated rings. The molecule has 0 bridgehead atoms. The smallest absolute Gasteiger partial charge is 0.257 e. The van der Waals surface area contributed by atoms with Crippen LogP contribution in [0.2, 0.25) is 0 Å². The summed E-state index contributed by atoms with van der Waals surface area (Å²) in [6.45, 7) is 1.82. The Bertz CT molecular complexity index is 1210. The van der Waals surface area contributed by atoms with Gasteiger partial charge in [-0.2, -0.15) is 0 Å². The summed E-state index contributed by atoms with van der Waals surface area (Å²) < 4.78 is 1.67. The number of carbonyl (C=O) groups is 2. The highest BCUT2D eigenvalue weighted by molar-refractivity contribution is 6.08. The molecule has 6 heteroatoms. The van der Waals surface area contributed by atoms with E-state index in [4.69, 9.17) is 0 Å². The van der Waals surface area contributed by atoms with E-state index in [0.717, 1.165) is 11.3 Å². The third-order valence-corrected chi connectivity index (χ3v) is 4.83. The van der Waals surface area contributed by atoms with Gasteiger partial charge in [0.1, 0.15) is 0 Å². The average Bonchev–Trinajstić information content (AvgIpc) is 3.20. The first-order chi connectivity index (χ1) is 14.5. The van der Waals surface area contributed by atoms with E-state index in [9.17, 15) is 9.59 Å². The molecule has 0 unspecified atom stereocenters. The van der Waals surface area contributed by atoms with Crippen molar-refractivity contribution < 1.29 is 9.59 Å². The number of nitrogens with zero attached hydrogens (tertiary/aromatic N) is 3. The predicted octanol–water partition coefficient (Wildman–Crippen LogP) is 4.27. The minimum atomic E-state index is -0.247. The molecule has 4 aromatic rings. The molecule has 6 nitrogen and oxygen atoms in total. The summed E-state index contributed by atoms with van der Waals surface area (Å²) in [6.07, 6.45) is 3.31. The number of hydrogen-bond donors (Lipinski definition) is 1. The Hall–Kier alpha value is -4.06. The zero-order valence-electron chi connectivity index (χ0n) is 16.7. The van der Waals surface area contributed by atoms with Crippen LogP contribution in [0.5, 0.6) is 0 Å². The molecule has 0 aliphatic rings. The molecular formula is C24H20N4O2. The minimum absolute atomic E-state index is 0.170. The quantitative estimate of drug-likeness (QED) is 0.511. The van der Waals surface area contributed by atoms with Crippen LogP contribution < -0.4 is 5.32 Å². The summed E-state index contributed by atoms with van der Waals surface area (Å²) in [6, 6.07) is 20.2. The van der Waals surface area contributed by atoms with Crippen molar-refractivity contribution in [1.82, 2.24) is 14.5 Å². The molecule has 1 N–H and O–H groups in total. The Morgan fingerprint density at radius 2 is 1.67 bits per heavy atom. The lowest BCUT2D eigenvalue weighted by molar-refractivity contribution is 0.101. The van der Waals surface area contributed by atoms with Gasteiger partial charge >= 0.3 is 0 Å². The second-order valence-electron chi connectivity index (χ2n) is 6.92. The van der Waals surface area contributed by atoms with Crippen LogP contribution in [0.15, 0.2) is 79.1 Å². The monoisotopic (exact) mass is 396 g/mol. The molecule has 4 rings (SSSR count). The molecular weight excluding hydrogens is 376 g/mol. The van der Waals surface area contributed by atoms with Crippen molar-refractivity contribution in [2.75, 3.05) is 5.32 Å². The maximum absolute atomic E-state index is 12.7. The topological polar surface area (TPSA) is 76.9 Å². The van der Waals surface area contributed by atoms with E-state index in [2.05, 4.69) is 15.3 Å². The van der Waals surface area contributed by atoms with Crippen molar-refractivity contribution in [3.05, 3.63) is 102 Å². The standard InChI is InChI=1S/C24H20N4O2/c1-16-20(12-13-21(26-16)17-6-4-3-5-7-17)24(30)27-19-10-8-18(9-11-19)22(29)23-25-14-15-28(23)2/h3-15H,1-2H3,(H,27,30). The largest absolute Gasteiger partial charge is 0.331 e. The van der Waals surface area contributed by atoms with E-state index in [0.29, 0.717) is 28.3 Å². The maximum Gasteiger partial charge on any atom is 0.257 e. The van der Waals surface area contributed by atoms with Crippen LogP contribution in [0.4, 0.5) is 5.69 Å². The van der Waals surface area contributed by atoms with E-state index in [-0.39, 0.29) is 11.7 Å². The predicted molar refractivity (Wildman–Crippen MR) is 115 cm³/mol. The average molecular weight is 396 g/mol. The summed E-state index contributed by atoms with van der Waals surface area (Å²) in [7, 11) is 1.77. The van der Waals surface area contributed by atoms with Gasteiger partial charge in [-0.3, -0.25) is 14.6 Å². The van der Waals surface area contributed by atoms with Crippen molar-refractivity contribution >= 4 is 17.4 Å². The van der Waals surface area contributed by atoms with Crippen molar-refractivity contribution in [2.24, 2.45) is 7.05 Å². The summed E-state index contributed by atoms with van der Waals surface area (Å²) in [5.74, 6) is -0.0494. The number of ketones is 1. The first kappa shape index (κ1) is 19.3. The molecule has 0 radical (unpaired) electrons. The lowest BCUT2D eigenvalue weighted by Crippen LogP contribution is -2.14. The Morgan fingerprint density at radius 1 is 0.933 bits per heavy atom. The molecule has 2 aromatic carbocycles. The second-order valence-corrected chi connectivity index (χ2v) is 6.92. The van der Waals surface area contributed by atoms with Crippen LogP contribution in [0.3, 0.4) is 0 Å². The van der Waals surface area contributed by atoms with Crippen molar-refractivity contribution in [1.29, 1.82) is 0 Å². The molecule has 148 valence electrons. The number of anilines is 1. The van der Waals surface area contributed by atoms with Crippen molar-refractivity contribution in [3.63, 3.8) is 0 Å². The molecule has 2 heterocycles. The van der Waals surface area contributed by atoms with Crippen LogP contribution >= 0.6 is 0 Å². The number of hydrogen-bond acceptors (Lipinski definition) is 4. The van der Waals surface area contributed by atoms with Gasteiger partial charge in [0.15, 0.2) is 5.82 Å². The number of benzene rings is 2. The summed E-state index contributed by atoms with van der Waals surface area (Å²) >= 11 is 0. The maximum atomic E-state index is 12.7. The third kappa shape index (κ3) is 3.89. The van der Waals surface area contributed by atoms with E-state index in [1.165, 1.54) is 0 Å². The Morgan fingerprint density at radius 3 is 2.30 bits per heavy atom. The number of carbonyl (C=O) groups excluding carboxylic acids is 2. The van der Waals surface area contributed by atoms with Gasteiger partial charge in [-0.1, -0.05) is 30.3 Å². The third-order valence-electron chi connectivity index (χ3n) is 4.83. The van der Waals surface area contributed by atoms with Gasteiger partial charge in [-0.25, -0.2) is 4.98 Å². The number of amides is 1. The molecule has 0 aliphatic carbocycles. The zero-order valence-corrected chi connectivity index (χ0v) is 16.7. The van der Waals surface area contributed by atoms with E-state index in [1.807, 2.05) is 43.3 Å². The van der Waals surface area contributed by atoms with E-state index in [1.54, 1.807) is 54.3 Å². The van der Waals surface area contributed by atoms with Crippen LogP contribution in [0, 0.1) is 6.92 Å². The number of aryl methyl sites for hydroxylation is 2. The summed E-state index contributed by atoms with van der Waals surface area (Å²) in [4.78, 5) is 33.8. The van der Waals surface area contributed by atoms with E-state index >= 15 is 0 Å². The highest BCUT2D eigenvalue weighted by Crippen LogP contribution is 2.20. The lowest BCUT2D eigenvalue weighted by atomic mass is 10.1. The number of pyridine rings is 1. The number of aromatic nitrogens is 3. The molecule has 0 saturated heterocycles. The van der Waals surface area contributed by atoms with Crippen molar-refractivity contribution in [2.45, 2.75) is 6.92 Å². The van der Waals surface area contributed by atoms with Gasteiger partial charge < -0.3 is 9.88 Å². The van der Waals surface area contributed by atoms with Gasteiger partial charge in [-0.05, 0) is 43.3 Å². The molecule has 0 spiro atoms. The van der Waals surface area contributed by atoms with Gasteiger partial charge in [-0.15, -0.1) is 0 Å². The van der Waals surface area contributed by atoms with Crippen LogP contribution in [0.25, 0.3) is 11.3 Å². The Balaban J connectivity index is 1.49. The first-order valence-corrected chi connectivity index (χ1v) is 9.49. The second kappa shape index (κ2) is 8.13. The molecule has 0 aliphatic heterocycles. The highest BCUT2D eigenvalue weighted by atomic mass is 16.1. The molecule has 0 atom stereocenters. The van der Waals surface area contributed by atoms with Crippen molar-refractivity contribution in [3.8, 4) is 11.3 Å². The van der Waals surface area contributed by atoms with Gasteiger partial charge in [0.2, 0.25) is 5.78 Å². The summed E-state index contributed by atoms with van der Waals surface area (Å²) in [5, 5.41) is 2.86. The zero-order chi connectivity index (χ0) is 21.1. The molecule has 0 saturated carbocycles. The molecule has 2 aromatic heterocycles. The van der Waals surface area contributed by atoms with Gasteiger partial charge in [0, 0.05) is 36.3 Å². The highest BCUT2D eigenvalue weighted by Gasteiger charge is 2.15. The van der Waals surface area contributed by atoms with Gasteiger partial charge in [0.05, 0.1) is 17.0 Å². The number of rotatable bonds is 5. The minimum Gasteiger partial charge on any atom is -0.331 e. The first-order valence-electron chi connectivity index (χ1n) is 9.49. The molecule has 1 amide bonds. The van der Waals surface area contributed by atoms with Crippen LogP contribution in [-0.2, 0) is 7.05 Å². The summed E-state index contributed by atoms with van der Waals surface area (Å²) in [5.41, 5.74) is 4.08. The SMILES string of the molecule is Cc1nc(-c2ccccc2)ccc1C(=O)Nc1ccc(C(=O)c2nccn2C)cc1. The molecule has 30 heavy (non-hydrogen) atoms. The Labute approximate surface area is 174 Å². The van der Waals surface area contributed by atoms with Crippen LogP contribution in [-0.4, -0.2) is 26.2 Å². The fraction of sp³-hybridized carbons (Fsp3) is 0.0833. The number of imidazole rings is 1. The number of nitrogens with one attached hydrogen (secondary N) is 1. The van der Waals surface area contributed by atoms with Crippen LogP contribution in [0.1, 0.15) is 32.2 Å².